The molecule has 2 atom stereocenters. The Hall–Kier alpha value is -3.32. The quantitative estimate of drug-likeness (QED) is 0.513. The van der Waals surface area contributed by atoms with Crippen LogP contribution in [0.3, 0.4) is 0 Å². The molecule has 0 radical (unpaired) electrons. The summed E-state index contributed by atoms with van der Waals surface area (Å²) in [5.74, 6) is 0.532. The second kappa shape index (κ2) is 7.84. The molecule has 1 fully saturated rings. The number of nitrogens with zero attached hydrogens (tertiary/aromatic N) is 3. The summed E-state index contributed by atoms with van der Waals surface area (Å²) in [5, 5.41) is 13.5. The number of aromatic nitrogens is 3. The van der Waals surface area contributed by atoms with Crippen LogP contribution in [0.1, 0.15) is 25.7 Å². The SMILES string of the molecule is COc1cc(-c2cnc3ccc(NC4CCCC(O)C4)cn23)cc(-c2ccoc2)n1. The molecule has 0 spiro atoms. The molecule has 1 aliphatic carbocycles. The van der Waals surface area contributed by atoms with Gasteiger partial charge < -0.3 is 19.6 Å². The predicted octanol–water partition coefficient (Wildman–Crippen LogP) is 4.38. The van der Waals surface area contributed by atoms with Gasteiger partial charge in [0, 0.05) is 29.4 Å². The van der Waals surface area contributed by atoms with E-state index in [-0.39, 0.29) is 12.1 Å². The number of rotatable bonds is 5. The summed E-state index contributed by atoms with van der Waals surface area (Å²) in [4.78, 5) is 9.10. The number of pyridine rings is 2. The minimum atomic E-state index is -0.214. The van der Waals surface area contributed by atoms with Crippen LogP contribution in [0.15, 0.2) is 59.7 Å². The van der Waals surface area contributed by atoms with Crippen molar-refractivity contribution in [2.75, 3.05) is 12.4 Å². The number of ether oxygens (including phenoxy) is 1. The van der Waals surface area contributed by atoms with Crippen molar-refractivity contribution < 1.29 is 14.3 Å². The van der Waals surface area contributed by atoms with E-state index in [9.17, 15) is 5.11 Å². The molecule has 0 saturated heterocycles. The van der Waals surface area contributed by atoms with Crippen LogP contribution in [0.4, 0.5) is 5.69 Å². The molecule has 30 heavy (non-hydrogen) atoms. The van der Waals surface area contributed by atoms with Crippen molar-refractivity contribution in [2.24, 2.45) is 0 Å². The second-order valence-electron chi connectivity index (χ2n) is 7.75. The van der Waals surface area contributed by atoms with Crippen molar-refractivity contribution in [3.05, 3.63) is 55.3 Å². The molecule has 0 bridgehead atoms. The van der Waals surface area contributed by atoms with Crippen LogP contribution in [0.5, 0.6) is 5.88 Å². The highest BCUT2D eigenvalue weighted by atomic mass is 16.5. The van der Waals surface area contributed by atoms with Gasteiger partial charge in [0.2, 0.25) is 5.88 Å². The summed E-state index contributed by atoms with van der Waals surface area (Å²) in [6, 6.07) is 10.1. The highest BCUT2D eigenvalue weighted by Crippen LogP contribution is 2.30. The lowest BCUT2D eigenvalue weighted by Crippen LogP contribution is -2.29. The van der Waals surface area contributed by atoms with Crippen LogP contribution in [0.2, 0.25) is 0 Å². The van der Waals surface area contributed by atoms with Gasteiger partial charge in [-0.05, 0) is 49.9 Å². The van der Waals surface area contributed by atoms with E-state index in [0.717, 1.165) is 59.5 Å². The molecule has 154 valence electrons. The van der Waals surface area contributed by atoms with E-state index < -0.39 is 0 Å². The third-order valence-corrected chi connectivity index (χ3v) is 5.65. The van der Waals surface area contributed by atoms with Crippen LogP contribution in [0.25, 0.3) is 28.2 Å². The number of anilines is 1. The summed E-state index contributed by atoms with van der Waals surface area (Å²) >= 11 is 0. The molecular formula is C23H24N4O3. The minimum Gasteiger partial charge on any atom is -0.481 e. The van der Waals surface area contributed by atoms with E-state index >= 15 is 0 Å². The fraction of sp³-hybridized carbons (Fsp3) is 0.304. The average molecular weight is 404 g/mol. The number of nitrogens with one attached hydrogen (secondary N) is 1. The van der Waals surface area contributed by atoms with E-state index in [1.807, 2.05) is 36.5 Å². The molecule has 0 aromatic carbocycles. The second-order valence-corrected chi connectivity index (χ2v) is 7.75. The zero-order valence-electron chi connectivity index (χ0n) is 16.8. The largest absolute Gasteiger partial charge is 0.481 e. The lowest BCUT2D eigenvalue weighted by atomic mass is 9.93. The maximum atomic E-state index is 9.96. The normalized spacial score (nSPS) is 19.1. The number of aliphatic hydroxyl groups is 1. The number of aliphatic hydroxyl groups excluding tert-OH is 1. The lowest BCUT2D eigenvalue weighted by Gasteiger charge is -2.27. The number of methoxy groups -OCH3 is 1. The van der Waals surface area contributed by atoms with E-state index in [1.54, 1.807) is 19.6 Å². The van der Waals surface area contributed by atoms with Gasteiger partial charge in [-0.25, -0.2) is 9.97 Å². The topological polar surface area (TPSA) is 84.8 Å². The maximum absolute atomic E-state index is 9.96. The Labute approximate surface area is 174 Å². The van der Waals surface area contributed by atoms with Crippen LogP contribution in [0, 0.1) is 0 Å². The Morgan fingerprint density at radius 1 is 1.20 bits per heavy atom. The third-order valence-electron chi connectivity index (χ3n) is 5.65. The monoisotopic (exact) mass is 404 g/mol. The third kappa shape index (κ3) is 3.64. The van der Waals surface area contributed by atoms with Gasteiger partial charge in [-0.1, -0.05) is 0 Å². The van der Waals surface area contributed by atoms with Crippen molar-refractivity contribution >= 4 is 11.3 Å². The Morgan fingerprint density at radius 3 is 2.93 bits per heavy atom. The van der Waals surface area contributed by atoms with Gasteiger partial charge in [-0.2, -0.15) is 0 Å². The van der Waals surface area contributed by atoms with Gasteiger partial charge in [0.05, 0.1) is 49.0 Å². The predicted molar refractivity (Wildman–Crippen MR) is 115 cm³/mol. The number of imidazole rings is 1. The van der Waals surface area contributed by atoms with Crippen LogP contribution in [-0.2, 0) is 0 Å². The molecule has 4 aromatic rings. The molecule has 1 aliphatic rings. The highest BCUT2D eigenvalue weighted by molar-refractivity contribution is 5.71. The van der Waals surface area contributed by atoms with Crippen molar-refractivity contribution in [3.8, 4) is 28.4 Å². The van der Waals surface area contributed by atoms with Crippen molar-refractivity contribution in [1.29, 1.82) is 0 Å². The Bertz CT molecular complexity index is 1150. The molecule has 1 saturated carbocycles. The van der Waals surface area contributed by atoms with Gasteiger partial charge >= 0.3 is 0 Å². The number of fused-ring (bicyclic) bond motifs is 1. The molecule has 5 rings (SSSR count). The molecular weight excluding hydrogens is 380 g/mol. The van der Waals surface area contributed by atoms with E-state index in [0.29, 0.717) is 5.88 Å². The Morgan fingerprint density at radius 2 is 2.13 bits per heavy atom. The molecule has 0 aliphatic heterocycles. The van der Waals surface area contributed by atoms with Crippen LogP contribution >= 0.6 is 0 Å². The number of furan rings is 1. The smallest absolute Gasteiger partial charge is 0.214 e. The number of hydrogen-bond donors (Lipinski definition) is 2. The molecule has 2 N–H and O–H groups in total. The lowest BCUT2D eigenvalue weighted by molar-refractivity contribution is 0.124. The Kier molecular flexibility index (Phi) is 4.88. The fourth-order valence-corrected chi connectivity index (χ4v) is 4.13. The van der Waals surface area contributed by atoms with Gasteiger partial charge in [-0.15, -0.1) is 0 Å². The standard InChI is InChI=1S/C23H24N4O3/c1-29-23-10-16(9-20(26-23)15-7-8-30-14-15)21-12-24-22-6-5-18(13-27(21)22)25-17-3-2-4-19(28)11-17/h5-10,12-14,17,19,25,28H,2-4,11H2,1H3. The zero-order chi connectivity index (χ0) is 20.5. The summed E-state index contributed by atoms with van der Waals surface area (Å²) in [6.07, 6.45) is 10.8. The Balaban J connectivity index is 1.52. The van der Waals surface area contributed by atoms with Gasteiger partial charge in [0.15, 0.2) is 0 Å². The first-order valence-electron chi connectivity index (χ1n) is 10.2. The minimum absolute atomic E-state index is 0.214. The number of hydrogen-bond acceptors (Lipinski definition) is 6. The van der Waals surface area contributed by atoms with Crippen LogP contribution < -0.4 is 10.1 Å². The summed E-state index contributed by atoms with van der Waals surface area (Å²) < 4.78 is 12.7. The van der Waals surface area contributed by atoms with Crippen LogP contribution in [-0.4, -0.2) is 38.7 Å². The summed E-state index contributed by atoms with van der Waals surface area (Å²) in [6.45, 7) is 0. The van der Waals surface area contributed by atoms with E-state index in [1.165, 1.54) is 0 Å². The zero-order valence-corrected chi connectivity index (χ0v) is 16.8. The van der Waals surface area contributed by atoms with Gasteiger partial charge in [0.1, 0.15) is 5.65 Å². The van der Waals surface area contributed by atoms with E-state index in [4.69, 9.17) is 9.15 Å². The van der Waals surface area contributed by atoms with E-state index in [2.05, 4.69) is 25.9 Å². The first kappa shape index (κ1) is 18.7. The summed E-state index contributed by atoms with van der Waals surface area (Å²) in [7, 11) is 1.61. The molecule has 2 unspecified atom stereocenters. The van der Waals surface area contributed by atoms with Gasteiger partial charge in [0.25, 0.3) is 0 Å². The fourth-order valence-electron chi connectivity index (χ4n) is 4.13. The molecule has 7 nitrogen and oxygen atoms in total. The summed E-state index contributed by atoms with van der Waals surface area (Å²) in [5.41, 5.74) is 5.44. The van der Waals surface area contributed by atoms with Crippen molar-refractivity contribution in [2.45, 2.75) is 37.8 Å². The maximum Gasteiger partial charge on any atom is 0.214 e. The highest BCUT2D eigenvalue weighted by Gasteiger charge is 2.20. The molecule has 4 aromatic heterocycles. The molecule has 0 amide bonds. The molecule has 4 heterocycles. The first-order valence-corrected chi connectivity index (χ1v) is 10.2. The van der Waals surface area contributed by atoms with Gasteiger partial charge in [-0.3, -0.25) is 4.40 Å². The molecule has 7 heteroatoms. The average Bonchev–Trinajstić information content (AvgIpc) is 3.43. The first-order chi connectivity index (χ1) is 14.7. The van der Waals surface area contributed by atoms with Crippen molar-refractivity contribution in [3.63, 3.8) is 0 Å². The van der Waals surface area contributed by atoms with Crippen molar-refractivity contribution in [1.82, 2.24) is 14.4 Å².